The number of amides is 1. The van der Waals surface area contributed by atoms with Crippen LogP contribution in [0.15, 0.2) is 59.0 Å². The molecule has 0 spiro atoms. The van der Waals surface area contributed by atoms with Crippen molar-refractivity contribution in [2.75, 3.05) is 43.1 Å². The van der Waals surface area contributed by atoms with Crippen LogP contribution in [0.4, 0.5) is 20.7 Å². The van der Waals surface area contributed by atoms with E-state index < -0.39 is 11.9 Å². The molecule has 1 aromatic heterocycles. The molecule has 33 heavy (non-hydrogen) atoms. The van der Waals surface area contributed by atoms with Gasteiger partial charge in [0.05, 0.1) is 25.3 Å². The number of hydrazone groups is 2. The van der Waals surface area contributed by atoms with Crippen molar-refractivity contribution < 1.29 is 13.9 Å². The smallest absolute Gasteiger partial charge is 0.414 e. The molecule has 1 atom stereocenters. The highest BCUT2D eigenvalue weighted by molar-refractivity contribution is 5.90. The number of ether oxygens (including phenoxy) is 1. The highest BCUT2D eigenvalue weighted by atomic mass is 19.1. The molecule has 3 aliphatic heterocycles. The van der Waals surface area contributed by atoms with Crippen molar-refractivity contribution in [2.45, 2.75) is 12.5 Å². The Balaban J connectivity index is 1.28. The molecule has 1 aromatic carbocycles. The van der Waals surface area contributed by atoms with E-state index in [9.17, 15) is 4.79 Å². The van der Waals surface area contributed by atoms with Gasteiger partial charge in [0.2, 0.25) is 0 Å². The molecule has 170 valence electrons. The van der Waals surface area contributed by atoms with Gasteiger partial charge in [0, 0.05) is 49.8 Å². The monoisotopic (exact) mass is 449 g/mol. The minimum absolute atomic E-state index is 0.333. The number of carbonyl (C=O) groups excluding carboxylic acids is 1. The zero-order valence-corrected chi connectivity index (χ0v) is 18.2. The molecule has 1 saturated heterocycles. The summed E-state index contributed by atoms with van der Waals surface area (Å²) >= 11 is 0. The number of carbonyl (C=O) groups is 1. The summed E-state index contributed by atoms with van der Waals surface area (Å²) in [5.41, 5.74) is 1.52. The molecule has 0 radical (unpaired) electrons. The lowest BCUT2D eigenvalue weighted by Crippen LogP contribution is -2.35. The van der Waals surface area contributed by atoms with E-state index in [-0.39, 0.29) is 6.10 Å². The molecule has 1 fully saturated rings. The predicted molar refractivity (Wildman–Crippen MR) is 125 cm³/mol. The summed E-state index contributed by atoms with van der Waals surface area (Å²) in [4.78, 5) is 20.3. The van der Waals surface area contributed by atoms with E-state index in [0.29, 0.717) is 35.7 Å². The van der Waals surface area contributed by atoms with Crippen LogP contribution in [0.3, 0.4) is 0 Å². The van der Waals surface area contributed by atoms with Gasteiger partial charge in [-0.25, -0.2) is 19.2 Å². The summed E-state index contributed by atoms with van der Waals surface area (Å²) < 4.78 is 20.5. The third kappa shape index (κ3) is 4.50. The molecule has 1 unspecified atom stereocenters. The number of pyridine rings is 1. The Morgan fingerprint density at radius 1 is 1.18 bits per heavy atom. The number of rotatable bonds is 5. The maximum Gasteiger partial charge on any atom is 0.414 e. The number of anilines is 2. The topological polar surface area (TPSA) is 76.9 Å². The molecule has 0 bridgehead atoms. The van der Waals surface area contributed by atoms with Gasteiger partial charge in [-0.1, -0.05) is 6.08 Å². The van der Waals surface area contributed by atoms with Gasteiger partial charge in [0.15, 0.2) is 0 Å². The van der Waals surface area contributed by atoms with Crippen LogP contribution in [-0.4, -0.2) is 72.9 Å². The number of nitrogens with zero attached hydrogens (tertiary/aromatic N) is 7. The Bertz CT molecular complexity index is 1110. The lowest BCUT2D eigenvalue weighted by atomic mass is 10.1. The first-order valence-corrected chi connectivity index (χ1v) is 10.8. The van der Waals surface area contributed by atoms with Gasteiger partial charge in [-0.3, -0.25) is 9.91 Å². The van der Waals surface area contributed by atoms with Crippen LogP contribution in [0.5, 0.6) is 0 Å². The van der Waals surface area contributed by atoms with E-state index in [1.165, 1.54) is 11.0 Å². The molecule has 4 heterocycles. The van der Waals surface area contributed by atoms with Crippen LogP contribution >= 0.6 is 0 Å². The highest BCUT2D eigenvalue weighted by Gasteiger charge is 2.33. The second kappa shape index (κ2) is 8.89. The average Bonchev–Trinajstić information content (AvgIpc) is 3.20. The van der Waals surface area contributed by atoms with Crippen molar-refractivity contribution >= 4 is 30.2 Å². The van der Waals surface area contributed by atoms with Gasteiger partial charge in [-0.2, -0.15) is 10.2 Å². The molecular weight excluding hydrogens is 425 g/mol. The molecule has 5 rings (SSSR count). The van der Waals surface area contributed by atoms with Crippen LogP contribution in [0.2, 0.25) is 0 Å². The van der Waals surface area contributed by atoms with E-state index in [4.69, 9.17) is 4.74 Å². The Morgan fingerprint density at radius 2 is 2.09 bits per heavy atom. The normalized spacial score (nSPS) is 20.1. The van der Waals surface area contributed by atoms with E-state index >= 15 is 4.39 Å². The predicted octanol–water partition coefficient (Wildman–Crippen LogP) is 3.11. The number of hydrogen-bond acceptors (Lipinski definition) is 8. The fraction of sp³-hybridized carbons (Fsp3) is 0.304. The van der Waals surface area contributed by atoms with Crippen molar-refractivity contribution in [3.05, 3.63) is 54.6 Å². The summed E-state index contributed by atoms with van der Waals surface area (Å²) in [5, 5.41) is 12.1. The van der Waals surface area contributed by atoms with Crippen molar-refractivity contribution in [1.82, 2.24) is 14.9 Å². The van der Waals surface area contributed by atoms with Gasteiger partial charge >= 0.3 is 6.09 Å². The zero-order valence-electron chi connectivity index (χ0n) is 18.2. The maximum atomic E-state index is 15.0. The average molecular weight is 449 g/mol. The number of allylic oxidation sites excluding steroid dienone is 1. The SMILES string of the molecule is CN1C=NN(c2ccc(-c3ccc(N4CC(CN5C=CCC=N5)OC4=O)cc3F)cn2)CC1. The number of benzene rings is 1. The van der Waals surface area contributed by atoms with Crippen molar-refractivity contribution in [3.63, 3.8) is 0 Å². The minimum atomic E-state index is -0.490. The maximum absolute atomic E-state index is 15.0. The second-order valence-corrected chi connectivity index (χ2v) is 8.06. The van der Waals surface area contributed by atoms with E-state index in [2.05, 4.69) is 15.2 Å². The lowest BCUT2D eigenvalue weighted by Gasteiger charge is -2.26. The summed E-state index contributed by atoms with van der Waals surface area (Å²) in [7, 11) is 1.96. The van der Waals surface area contributed by atoms with E-state index in [0.717, 1.165) is 19.5 Å². The molecular formula is C23H24FN7O2. The first kappa shape index (κ1) is 20.9. The van der Waals surface area contributed by atoms with Gasteiger partial charge in [0.1, 0.15) is 24.1 Å². The number of hydrogen-bond donors (Lipinski definition) is 0. The number of likely N-dealkylation sites (N-methyl/N-ethyl adjacent to an activating group) is 1. The largest absolute Gasteiger partial charge is 0.442 e. The van der Waals surface area contributed by atoms with Gasteiger partial charge in [-0.05, 0) is 30.3 Å². The van der Waals surface area contributed by atoms with E-state index in [1.54, 1.807) is 35.9 Å². The Kier molecular flexibility index (Phi) is 5.64. The molecule has 0 aliphatic carbocycles. The molecule has 1 amide bonds. The van der Waals surface area contributed by atoms with E-state index in [1.807, 2.05) is 41.4 Å². The summed E-state index contributed by atoms with van der Waals surface area (Å²) in [6.45, 7) is 2.37. The Hall–Kier alpha value is -3.95. The van der Waals surface area contributed by atoms with Crippen molar-refractivity contribution in [2.24, 2.45) is 10.2 Å². The quantitative estimate of drug-likeness (QED) is 0.698. The van der Waals surface area contributed by atoms with Crippen LogP contribution in [0.1, 0.15) is 6.42 Å². The summed E-state index contributed by atoms with van der Waals surface area (Å²) in [6, 6.07) is 8.39. The second-order valence-electron chi connectivity index (χ2n) is 8.06. The van der Waals surface area contributed by atoms with Crippen LogP contribution in [0.25, 0.3) is 11.1 Å². The summed E-state index contributed by atoms with van der Waals surface area (Å²) in [5.74, 6) is 0.276. The number of halogens is 1. The fourth-order valence-electron chi connectivity index (χ4n) is 3.87. The molecule has 10 heteroatoms. The zero-order chi connectivity index (χ0) is 22.8. The first-order chi connectivity index (χ1) is 16.1. The molecule has 0 saturated carbocycles. The molecule has 9 nitrogen and oxygen atoms in total. The van der Waals surface area contributed by atoms with Crippen LogP contribution < -0.4 is 9.91 Å². The van der Waals surface area contributed by atoms with Gasteiger partial charge in [-0.15, -0.1) is 0 Å². The highest BCUT2D eigenvalue weighted by Crippen LogP contribution is 2.30. The van der Waals surface area contributed by atoms with Crippen molar-refractivity contribution in [1.29, 1.82) is 0 Å². The fourth-order valence-corrected chi connectivity index (χ4v) is 3.87. The third-order valence-corrected chi connectivity index (χ3v) is 5.65. The van der Waals surface area contributed by atoms with Crippen molar-refractivity contribution in [3.8, 4) is 11.1 Å². The lowest BCUT2D eigenvalue weighted by molar-refractivity contribution is 0.122. The van der Waals surface area contributed by atoms with Gasteiger partial charge < -0.3 is 9.64 Å². The number of cyclic esters (lactones) is 1. The molecule has 2 aromatic rings. The minimum Gasteiger partial charge on any atom is -0.442 e. The molecule has 3 aliphatic rings. The number of aromatic nitrogens is 1. The van der Waals surface area contributed by atoms with Crippen LogP contribution in [0, 0.1) is 5.82 Å². The van der Waals surface area contributed by atoms with Gasteiger partial charge in [0.25, 0.3) is 0 Å². The third-order valence-electron chi connectivity index (χ3n) is 5.65. The Labute approximate surface area is 191 Å². The Morgan fingerprint density at radius 3 is 2.79 bits per heavy atom. The first-order valence-electron chi connectivity index (χ1n) is 10.8. The standard InChI is InChI=1S/C23H24FN7O2/c1-28-10-11-31(27-16-28)22-7-4-17(13-25-22)20-6-5-18(12-21(20)24)30-15-19(33-23(30)32)14-29-9-3-2-8-26-29/h3-9,12-13,16,19H,2,10-11,14-15H2,1H3. The molecule has 0 N–H and O–H groups in total. The summed E-state index contributed by atoms with van der Waals surface area (Å²) in [6.07, 6.45) is 8.97. The van der Waals surface area contributed by atoms with Crippen LogP contribution in [-0.2, 0) is 4.74 Å².